The maximum Gasteiger partial charge on any atom is 0.416 e. The van der Waals surface area contributed by atoms with Gasteiger partial charge in [-0.1, -0.05) is 6.07 Å². The number of esters is 1. The van der Waals surface area contributed by atoms with Crippen LogP contribution in [-0.2, 0) is 20.5 Å². The molecule has 0 saturated heterocycles. The van der Waals surface area contributed by atoms with Crippen molar-refractivity contribution in [2.75, 3.05) is 12.4 Å². The smallest absolute Gasteiger partial charge is 0.416 e. The van der Waals surface area contributed by atoms with Crippen molar-refractivity contribution < 1.29 is 36.6 Å². The number of nitrogens with one attached hydrogen (secondary N) is 1. The first-order valence-corrected chi connectivity index (χ1v) is 8.30. The number of hydrogen-bond acceptors (Lipinski definition) is 4. The van der Waals surface area contributed by atoms with Crippen LogP contribution in [-0.4, -0.2) is 25.1 Å². The van der Waals surface area contributed by atoms with Crippen molar-refractivity contribution in [3.05, 3.63) is 65.5 Å². The fourth-order valence-corrected chi connectivity index (χ4v) is 2.20. The number of carbonyl (C=O) groups is 2. The highest BCUT2D eigenvalue weighted by Crippen LogP contribution is 2.29. The van der Waals surface area contributed by atoms with Crippen LogP contribution in [0.25, 0.3) is 6.08 Å². The Hall–Kier alpha value is -3.36. The zero-order valence-corrected chi connectivity index (χ0v) is 15.4. The van der Waals surface area contributed by atoms with E-state index in [-0.39, 0.29) is 11.4 Å². The van der Waals surface area contributed by atoms with Crippen molar-refractivity contribution >= 4 is 23.6 Å². The third kappa shape index (κ3) is 6.34. The first-order chi connectivity index (χ1) is 13.6. The number of hydrogen-bond donors (Lipinski definition) is 1. The SMILES string of the molecule is COc1ccc(/C=C/C(=O)O[C@@H](C)C(=O)Nc2ccc(C(F)(F)F)cc2)cc1F. The topological polar surface area (TPSA) is 64.6 Å². The Morgan fingerprint density at radius 1 is 1.10 bits per heavy atom. The standard InChI is InChI=1S/C20H17F4NO4/c1-12(19(27)25-15-7-5-14(6-8-15)20(22,23)24)29-18(26)10-4-13-3-9-17(28-2)16(21)11-13/h3-12H,1-2H3,(H,25,27)/b10-4+/t12-/m0/s1. The number of amides is 1. The second kappa shape index (κ2) is 9.22. The second-order valence-corrected chi connectivity index (χ2v) is 5.87. The molecule has 1 N–H and O–H groups in total. The Bertz CT molecular complexity index is 908. The maximum atomic E-state index is 13.6. The first kappa shape index (κ1) is 21.9. The monoisotopic (exact) mass is 411 g/mol. The molecule has 1 atom stereocenters. The molecule has 154 valence electrons. The van der Waals surface area contributed by atoms with Crippen LogP contribution in [0.5, 0.6) is 5.75 Å². The molecule has 0 radical (unpaired) electrons. The van der Waals surface area contributed by atoms with Crippen molar-refractivity contribution in [1.29, 1.82) is 0 Å². The highest BCUT2D eigenvalue weighted by Gasteiger charge is 2.30. The van der Waals surface area contributed by atoms with Crippen LogP contribution in [0, 0.1) is 5.82 Å². The number of methoxy groups -OCH3 is 1. The van der Waals surface area contributed by atoms with Gasteiger partial charge in [-0.25, -0.2) is 9.18 Å². The molecule has 0 bridgehead atoms. The van der Waals surface area contributed by atoms with E-state index >= 15 is 0 Å². The lowest BCUT2D eigenvalue weighted by atomic mass is 10.2. The van der Waals surface area contributed by atoms with E-state index in [0.717, 1.165) is 36.4 Å². The molecule has 0 saturated carbocycles. The van der Waals surface area contributed by atoms with E-state index in [4.69, 9.17) is 9.47 Å². The van der Waals surface area contributed by atoms with Crippen molar-refractivity contribution in [1.82, 2.24) is 0 Å². The maximum absolute atomic E-state index is 13.6. The van der Waals surface area contributed by atoms with E-state index in [2.05, 4.69) is 5.32 Å². The summed E-state index contributed by atoms with van der Waals surface area (Å²) < 4.78 is 60.9. The molecule has 29 heavy (non-hydrogen) atoms. The summed E-state index contributed by atoms with van der Waals surface area (Å²) in [6.07, 6.45) is -3.37. The Kier molecular flexibility index (Phi) is 6.98. The first-order valence-electron chi connectivity index (χ1n) is 8.30. The van der Waals surface area contributed by atoms with E-state index in [1.165, 1.54) is 32.2 Å². The molecular formula is C20H17F4NO4. The number of carbonyl (C=O) groups excluding carboxylic acids is 2. The van der Waals surface area contributed by atoms with E-state index in [9.17, 15) is 27.2 Å². The van der Waals surface area contributed by atoms with Crippen molar-refractivity contribution in [3.8, 4) is 5.75 Å². The molecular weight excluding hydrogens is 394 g/mol. The number of rotatable bonds is 6. The molecule has 2 aromatic rings. The summed E-state index contributed by atoms with van der Waals surface area (Å²) in [7, 11) is 1.32. The van der Waals surface area contributed by atoms with E-state index in [1.54, 1.807) is 0 Å². The van der Waals surface area contributed by atoms with Gasteiger partial charge in [0.1, 0.15) is 0 Å². The van der Waals surface area contributed by atoms with Gasteiger partial charge in [0.05, 0.1) is 12.7 Å². The van der Waals surface area contributed by atoms with Gasteiger partial charge < -0.3 is 14.8 Å². The molecule has 0 unspecified atom stereocenters. The Morgan fingerprint density at radius 3 is 2.31 bits per heavy atom. The summed E-state index contributed by atoms with van der Waals surface area (Å²) in [5.74, 6) is -2.12. The Labute approximate surface area is 163 Å². The van der Waals surface area contributed by atoms with Gasteiger partial charge in [-0.2, -0.15) is 13.2 Å². The highest BCUT2D eigenvalue weighted by atomic mass is 19.4. The van der Waals surface area contributed by atoms with E-state index < -0.39 is 35.5 Å². The third-order valence-corrected chi connectivity index (χ3v) is 3.73. The Morgan fingerprint density at radius 2 is 1.76 bits per heavy atom. The van der Waals surface area contributed by atoms with Crippen molar-refractivity contribution in [2.24, 2.45) is 0 Å². The molecule has 0 spiro atoms. The number of benzene rings is 2. The number of anilines is 1. The molecule has 0 fully saturated rings. The highest BCUT2D eigenvalue weighted by molar-refractivity contribution is 5.96. The lowest BCUT2D eigenvalue weighted by Gasteiger charge is -2.13. The van der Waals surface area contributed by atoms with Gasteiger partial charge in [0.25, 0.3) is 5.91 Å². The lowest BCUT2D eigenvalue weighted by Crippen LogP contribution is -2.29. The molecule has 0 heterocycles. The van der Waals surface area contributed by atoms with Crippen molar-refractivity contribution in [2.45, 2.75) is 19.2 Å². The van der Waals surface area contributed by atoms with Gasteiger partial charge in [0.15, 0.2) is 17.7 Å². The third-order valence-electron chi connectivity index (χ3n) is 3.73. The van der Waals surface area contributed by atoms with E-state index in [0.29, 0.717) is 5.56 Å². The average Bonchev–Trinajstić information content (AvgIpc) is 2.66. The molecule has 0 aliphatic heterocycles. The normalized spacial score (nSPS) is 12.5. The van der Waals surface area contributed by atoms with Gasteiger partial charge in [-0.15, -0.1) is 0 Å². The Balaban J connectivity index is 1.91. The summed E-state index contributed by atoms with van der Waals surface area (Å²) in [4.78, 5) is 23.8. The minimum atomic E-state index is -4.48. The van der Waals surface area contributed by atoms with Crippen molar-refractivity contribution in [3.63, 3.8) is 0 Å². The molecule has 0 aliphatic carbocycles. The summed E-state index contributed by atoms with van der Waals surface area (Å²) in [5, 5.41) is 2.35. The summed E-state index contributed by atoms with van der Waals surface area (Å²) in [6, 6.07) is 7.89. The molecule has 9 heteroatoms. The predicted octanol–water partition coefficient (Wildman–Crippen LogP) is 4.44. The molecule has 2 aromatic carbocycles. The molecule has 2 rings (SSSR count). The summed E-state index contributed by atoms with van der Waals surface area (Å²) >= 11 is 0. The van der Waals surface area contributed by atoms with Gasteiger partial charge in [-0.05, 0) is 55.0 Å². The van der Waals surface area contributed by atoms with Gasteiger partial charge >= 0.3 is 12.1 Å². The zero-order chi connectivity index (χ0) is 21.6. The predicted molar refractivity (Wildman–Crippen MR) is 97.6 cm³/mol. The largest absolute Gasteiger partial charge is 0.494 e. The molecule has 5 nitrogen and oxygen atoms in total. The van der Waals surface area contributed by atoms with Crippen LogP contribution >= 0.6 is 0 Å². The van der Waals surface area contributed by atoms with Gasteiger partial charge in [0, 0.05) is 11.8 Å². The zero-order valence-electron chi connectivity index (χ0n) is 15.4. The van der Waals surface area contributed by atoms with Gasteiger partial charge in [-0.3, -0.25) is 4.79 Å². The van der Waals surface area contributed by atoms with Crippen LogP contribution < -0.4 is 10.1 Å². The fraction of sp³-hybridized carbons (Fsp3) is 0.200. The molecule has 0 aliphatic rings. The fourth-order valence-electron chi connectivity index (χ4n) is 2.20. The van der Waals surface area contributed by atoms with Crippen LogP contribution in [0.2, 0.25) is 0 Å². The molecule has 1 amide bonds. The molecule has 0 aromatic heterocycles. The van der Waals surface area contributed by atoms with Crippen LogP contribution in [0.15, 0.2) is 48.5 Å². The van der Waals surface area contributed by atoms with Crippen LogP contribution in [0.3, 0.4) is 0 Å². The lowest BCUT2D eigenvalue weighted by molar-refractivity contribution is -0.148. The van der Waals surface area contributed by atoms with E-state index in [1.807, 2.05) is 0 Å². The van der Waals surface area contributed by atoms with Crippen LogP contribution in [0.4, 0.5) is 23.2 Å². The number of halogens is 4. The second-order valence-electron chi connectivity index (χ2n) is 5.87. The summed E-state index contributed by atoms with van der Waals surface area (Å²) in [5.41, 5.74) is -0.354. The number of alkyl halides is 3. The summed E-state index contributed by atoms with van der Waals surface area (Å²) in [6.45, 7) is 1.30. The van der Waals surface area contributed by atoms with Gasteiger partial charge in [0.2, 0.25) is 0 Å². The minimum absolute atomic E-state index is 0.0540. The minimum Gasteiger partial charge on any atom is -0.494 e. The van der Waals surface area contributed by atoms with Crippen LogP contribution in [0.1, 0.15) is 18.1 Å². The average molecular weight is 411 g/mol. The quantitative estimate of drug-likeness (QED) is 0.434. The number of ether oxygens (including phenoxy) is 2.